The van der Waals surface area contributed by atoms with Crippen molar-refractivity contribution in [3.05, 3.63) is 50.9 Å². The summed E-state index contributed by atoms with van der Waals surface area (Å²) in [6, 6.07) is 7.16. The molecule has 0 aliphatic carbocycles. The van der Waals surface area contributed by atoms with Gasteiger partial charge in [-0.3, -0.25) is 14.9 Å². The second-order valence-electron chi connectivity index (χ2n) is 4.46. The number of nitro groups is 1. The molecule has 1 aromatic carbocycles. The average Bonchev–Trinajstić information content (AvgIpc) is 3.09. The maximum Gasteiger partial charge on any atom is 0.349 e. The van der Waals surface area contributed by atoms with Crippen molar-refractivity contribution in [1.82, 2.24) is 0 Å². The molecule has 0 atom stereocenters. The van der Waals surface area contributed by atoms with Gasteiger partial charge in [-0.25, -0.2) is 4.79 Å². The van der Waals surface area contributed by atoms with Crippen LogP contribution in [-0.4, -0.2) is 37.5 Å². The molecular weight excluding hydrogens is 338 g/mol. The third-order valence-electron chi connectivity index (χ3n) is 3.01. The minimum absolute atomic E-state index is 0.0482. The number of benzene rings is 1. The minimum atomic E-state index is -0.802. The topological polar surface area (TPSA) is 105 Å². The molecule has 1 heterocycles. The molecule has 0 unspecified atom stereocenters. The van der Waals surface area contributed by atoms with E-state index >= 15 is 0 Å². The summed E-state index contributed by atoms with van der Waals surface area (Å²) in [4.78, 5) is 34.1. The largest absolute Gasteiger partial charge is 0.497 e. The molecule has 0 saturated heterocycles. The average molecular weight is 351 g/mol. The fraction of sp³-hybridized carbons (Fsp3) is 0.200. The molecule has 8 nitrogen and oxygen atoms in total. The molecule has 9 heteroatoms. The predicted octanol–water partition coefficient (Wildman–Crippen LogP) is 2.71. The summed E-state index contributed by atoms with van der Waals surface area (Å²) in [6.07, 6.45) is 0. The van der Waals surface area contributed by atoms with Crippen LogP contribution < -0.4 is 9.47 Å². The lowest BCUT2D eigenvalue weighted by Crippen LogP contribution is -2.14. The summed E-state index contributed by atoms with van der Waals surface area (Å²) in [7, 11) is 2.87. The Balaban J connectivity index is 2.07. The maximum atomic E-state index is 12.2. The Hall–Kier alpha value is -2.94. The van der Waals surface area contributed by atoms with Crippen molar-refractivity contribution in [2.45, 2.75) is 0 Å². The molecule has 0 fully saturated rings. The molecular formula is C15H13NO7S. The van der Waals surface area contributed by atoms with Gasteiger partial charge in [0.15, 0.2) is 6.61 Å². The van der Waals surface area contributed by atoms with Gasteiger partial charge in [0.1, 0.15) is 16.4 Å². The van der Waals surface area contributed by atoms with E-state index in [1.54, 1.807) is 12.1 Å². The van der Waals surface area contributed by atoms with Crippen LogP contribution in [0.1, 0.15) is 20.0 Å². The Morgan fingerprint density at radius 1 is 1.17 bits per heavy atom. The number of hydrogen-bond acceptors (Lipinski definition) is 8. The third-order valence-corrected chi connectivity index (χ3v) is 4.03. The number of Topliss-reactive ketones (excluding diaryl/α,β-unsaturated/α-hetero) is 1. The Bertz CT molecular complexity index is 784. The lowest BCUT2D eigenvalue weighted by Gasteiger charge is -2.09. The molecule has 0 aliphatic heterocycles. The third kappa shape index (κ3) is 3.87. The van der Waals surface area contributed by atoms with Crippen molar-refractivity contribution >= 4 is 28.1 Å². The summed E-state index contributed by atoms with van der Waals surface area (Å²) < 4.78 is 15.1. The van der Waals surface area contributed by atoms with Crippen molar-refractivity contribution in [3.63, 3.8) is 0 Å². The Labute approximate surface area is 140 Å². The second-order valence-corrected chi connectivity index (χ2v) is 5.52. The minimum Gasteiger partial charge on any atom is -0.497 e. The fourth-order valence-electron chi connectivity index (χ4n) is 1.85. The molecule has 0 spiro atoms. The number of esters is 1. The van der Waals surface area contributed by atoms with Gasteiger partial charge in [-0.2, -0.15) is 0 Å². The van der Waals surface area contributed by atoms with Crippen molar-refractivity contribution in [2.24, 2.45) is 0 Å². The van der Waals surface area contributed by atoms with Crippen LogP contribution in [0.25, 0.3) is 0 Å². The first-order valence-corrected chi connectivity index (χ1v) is 7.44. The molecule has 0 saturated carbocycles. The van der Waals surface area contributed by atoms with Gasteiger partial charge in [-0.1, -0.05) is 11.3 Å². The second kappa shape index (κ2) is 7.55. The summed E-state index contributed by atoms with van der Waals surface area (Å²) in [5.74, 6) is -0.503. The van der Waals surface area contributed by atoms with Crippen LogP contribution in [0.15, 0.2) is 30.3 Å². The van der Waals surface area contributed by atoms with Crippen LogP contribution in [0.4, 0.5) is 5.00 Å². The van der Waals surface area contributed by atoms with Crippen LogP contribution in [0.2, 0.25) is 0 Å². The Morgan fingerprint density at radius 2 is 1.92 bits per heavy atom. The van der Waals surface area contributed by atoms with E-state index in [2.05, 4.69) is 0 Å². The van der Waals surface area contributed by atoms with Gasteiger partial charge >= 0.3 is 11.0 Å². The molecule has 126 valence electrons. The van der Waals surface area contributed by atoms with Gasteiger partial charge in [-0.05, 0) is 24.3 Å². The first-order valence-electron chi connectivity index (χ1n) is 6.63. The van der Waals surface area contributed by atoms with Gasteiger partial charge in [0.05, 0.1) is 24.7 Å². The highest BCUT2D eigenvalue weighted by molar-refractivity contribution is 7.17. The van der Waals surface area contributed by atoms with E-state index in [1.165, 1.54) is 32.4 Å². The van der Waals surface area contributed by atoms with Crippen molar-refractivity contribution in [1.29, 1.82) is 0 Å². The normalized spacial score (nSPS) is 10.1. The molecule has 0 N–H and O–H groups in total. The smallest absolute Gasteiger partial charge is 0.349 e. The highest BCUT2D eigenvalue weighted by atomic mass is 32.1. The van der Waals surface area contributed by atoms with Gasteiger partial charge in [0, 0.05) is 6.07 Å². The van der Waals surface area contributed by atoms with Gasteiger partial charge in [0.25, 0.3) is 0 Å². The van der Waals surface area contributed by atoms with Crippen LogP contribution in [-0.2, 0) is 4.74 Å². The van der Waals surface area contributed by atoms with E-state index in [0.29, 0.717) is 22.8 Å². The number of methoxy groups -OCH3 is 2. The molecule has 0 amide bonds. The van der Waals surface area contributed by atoms with E-state index in [-0.39, 0.29) is 15.4 Å². The number of carbonyl (C=O) groups excluding carboxylic acids is 2. The molecule has 24 heavy (non-hydrogen) atoms. The predicted molar refractivity (Wildman–Crippen MR) is 85.1 cm³/mol. The van der Waals surface area contributed by atoms with Crippen LogP contribution in [0.3, 0.4) is 0 Å². The highest BCUT2D eigenvalue weighted by Crippen LogP contribution is 2.26. The van der Waals surface area contributed by atoms with Crippen LogP contribution >= 0.6 is 11.3 Å². The highest BCUT2D eigenvalue weighted by Gasteiger charge is 2.19. The standard InChI is InChI=1S/C15H13NO7S/c1-21-9-3-4-12(22-2)10(7-9)11(17)8-23-15(18)13-5-6-14(24-13)16(19)20/h3-7H,8H2,1-2H3. The number of hydrogen-bond donors (Lipinski definition) is 0. The molecule has 2 aromatic rings. The molecule has 0 aliphatic rings. The van der Waals surface area contributed by atoms with Gasteiger partial charge in [0.2, 0.25) is 5.78 Å². The SMILES string of the molecule is COc1ccc(OC)c(C(=O)COC(=O)c2ccc([N+](=O)[O-])s2)c1. The van der Waals surface area contributed by atoms with Gasteiger partial charge in [-0.15, -0.1) is 0 Å². The zero-order valence-corrected chi connectivity index (χ0v) is 13.6. The summed E-state index contributed by atoms with van der Waals surface area (Å²) in [5, 5.41) is 10.4. The Morgan fingerprint density at radius 3 is 2.50 bits per heavy atom. The first kappa shape index (κ1) is 17.4. The van der Waals surface area contributed by atoms with E-state index in [1.807, 2.05) is 0 Å². The molecule has 2 rings (SSSR count). The Kier molecular flexibility index (Phi) is 5.48. The fourth-order valence-corrected chi connectivity index (χ4v) is 2.56. The number of ketones is 1. The van der Waals surface area contributed by atoms with E-state index < -0.39 is 23.3 Å². The van der Waals surface area contributed by atoms with Crippen molar-refractivity contribution in [3.8, 4) is 11.5 Å². The number of nitrogens with zero attached hydrogens (tertiary/aromatic N) is 1. The lowest BCUT2D eigenvalue weighted by molar-refractivity contribution is -0.380. The zero-order chi connectivity index (χ0) is 17.7. The lowest BCUT2D eigenvalue weighted by atomic mass is 10.1. The maximum absolute atomic E-state index is 12.2. The number of thiophene rings is 1. The van der Waals surface area contributed by atoms with Gasteiger partial charge < -0.3 is 14.2 Å². The van der Waals surface area contributed by atoms with Crippen LogP contribution in [0, 0.1) is 10.1 Å². The van der Waals surface area contributed by atoms with E-state index in [9.17, 15) is 19.7 Å². The number of rotatable bonds is 7. The summed E-state index contributed by atoms with van der Waals surface area (Å²) in [6.45, 7) is -0.520. The summed E-state index contributed by atoms with van der Waals surface area (Å²) in [5.41, 5.74) is 0.210. The van der Waals surface area contributed by atoms with Crippen molar-refractivity contribution in [2.75, 3.05) is 20.8 Å². The molecule has 0 radical (unpaired) electrons. The number of carbonyl (C=O) groups is 2. The van der Waals surface area contributed by atoms with E-state index in [0.717, 1.165) is 0 Å². The summed E-state index contributed by atoms with van der Waals surface area (Å²) >= 11 is 0.681. The first-order chi connectivity index (χ1) is 11.5. The van der Waals surface area contributed by atoms with Crippen LogP contribution in [0.5, 0.6) is 11.5 Å². The van der Waals surface area contributed by atoms with Crippen molar-refractivity contribution < 1.29 is 28.7 Å². The number of ether oxygens (including phenoxy) is 3. The quantitative estimate of drug-likeness (QED) is 0.327. The monoisotopic (exact) mass is 351 g/mol. The molecule has 0 bridgehead atoms. The van der Waals surface area contributed by atoms with E-state index in [4.69, 9.17) is 14.2 Å². The zero-order valence-electron chi connectivity index (χ0n) is 12.8. The molecule has 1 aromatic heterocycles.